The molecule has 21 heavy (non-hydrogen) atoms. The van der Waals surface area contributed by atoms with Gasteiger partial charge in [-0.1, -0.05) is 50.1 Å². The van der Waals surface area contributed by atoms with Crippen LogP contribution in [0.5, 0.6) is 5.75 Å². The smallest absolute Gasteiger partial charge is 0.125 e. The van der Waals surface area contributed by atoms with E-state index in [9.17, 15) is 0 Å². The van der Waals surface area contributed by atoms with E-state index in [0.29, 0.717) is 0 Å². The Morgan fingerprint density at radius 3 is 2.67 bits per heavy atom. The van der Waals surface area contributed by atoms with Crippen LogP contribution in [0.2, 0.25) is 0 Å². The summed E-state index contributed by atoms with van der Waals surface area (Å²) in [5, 5.41) is 0. The first-order valence-corrected chi connectivity index (χ1v) is 8.65. The number of ether oxygens (including phenoxy) is 1. The minimum atomic E-state index is 0.0753. The predicted octanol–water partition coefficient (Wildman–Crippen LogP) is 4.26. The summed E-state index contributed by atoms with van der Waals surface area (Å²) < 4.78 is 8.00. The van der Waals surface area contributed by atoms with Gasteiger partial charge in [-0.05, 0) is 47.7 Å². The van der Waals surface area contributed by atoms with Gasteiger partial charge >= 0.3 is 0 Å². The molecular weight excluding hydrogens is 394 g/mol. The molecule has 1 heterocycles. The Labute approximate surface area is 141 Å². The van der Waals surface area contributed by atoms with Crippen molar-refractivity contribution >= 4 is 31.9 Å². The van der Waals surface area contributed by atoms with Crippen molar-refractivity contribution in [3.8, 4) is 5.75 Å². The maximum atomic E-state index is 6.36. The lowest BCUT2D eigenvalue weighted by Crippen LogP contribution is -2.26. The van der Waals surface area contributed by atoms with Crippen LogP contribution in [0.1, 0.15) is 16.7 Å². The Hall–Kier alpha value is -0.840. The van der Waals surface area contributed by atoms with Gasteiger partial charge in [0.25, 0.3) is 0 Å². The maximum absolute atomic E-state index is 6.36. The molecule has 0 saturated carbocycles. The summed E-state index contributed by atoms with van der Waals surface area (Å²) in [7, 11) is 0. The quantitative estimate of drug-likeness (QED) is 0.817. The molecule has 0 spiro atoms. The number of benzene rings is 2. The Morgan fingerprint density at radius 1 is 1.10 bits per heavy atom. The number of nitrogens with two attached hydrogens (primary N) is 1. The molecule has 4 heteroatoms. The summed E-state index contributed by atoms with van der Waals surface area (Å²) >= 11 is 7.16. The molecule has 2 aromatic carbocycles. The Bertz CT molecular complexity index is 657. The van der Waals surface area contributed by atoms with E-state index in [-0.39, 0.29) is 6.04 Å². The molecule has 2 N–H and O–H groups in total. The minimum Gasteiger partial charge on any atom is -0.493 e. The molecule has 0 radical (unpaired) electrons. The van der Waals surface area contributed by atoms with E-state index >= 15 is 0 Å². The van der Waals surface area contributed by atoms with Crippen molar-refractivity contribution in [3.05, 3.63) is 62.0 Å². The molecule has 1 aliphatic heterocycles. The number of hydrogen-bond donors (Lipinski definition) is 1. The standard InChI is InChI=1S/C17H17Br2NO/c18-14-7-12-5-6-21-17(12)13(8-14)10-15(20)9-11-3-1-2-4-16(11)19/h1-4,7-8,15H,5-6,9-10,20H2. The van der Waals surface area contributed by atoms with Crippen LogP contribution in [0.3, 0.4) is 0 Å². The number of rotatable bonds is 4. The van der Waals surface area contributed by atoms with E-state index in [2.05, 4.69) is 56.1 Å². The van der Waals surface area contributed by atoms with Crippen molar-refractivity contribution in [3.63, 3.8) is 0 Å². The number of fused-ring (bicyclic) bond motifs is 1. The lowest BCUT2D eigenvalue weighted by Gasteiger charge is -2.15. The summed E-state index contributed by atoms with van der Waals surface area (Å²) in [5.74, 6) is 1.04. The lowest BCUT2D eigenvalue weighted by atomic mass is 9.97. The third-order valence-electron chi connectivity index (χ3n) is 3.75. The van der Waals surface area contributed by atoms with Crippen LogP contribution >= 0.6 is 31.9 Å². The minimum absolute atomic E-state index is 0.0753. The topological polar surface area (TPSA) is 35.2 Å². The highest BCUT2D eigenvalue weighted by atomic mass is 79.9. The fourth-order valence-corrected chi connectivity index (χ4v) is 3.80. The van der Waals surface area contributed by atoms with Crippen molar-refractivity contribution < 1.29 is 4.74 Å². The van der Waals surface area contributed by atoms with Gasteiger partial charge in [0.2, 0.25) is 0 Å². The highest BCUT2D eigenvalue weighted by molar-refractivity contribution is 9.10. The van der Waals surface area contributed by atoms with Gasteiger partial charge in [-0.15, -0.1) is 0 Å². The van der Waals surface area contributed by atoms with Crippen LogP contribution in [0.15, 0.2) is 45.3 Å². The van der Waals surface area contributed by atoms with Crippen LogP contribution in [0.25, 0.3) is 0 Å². The van der Waals surface area contributed by atoms with Crippen molar-refractivity contribution in [1.82, 2.24) is 0 Å². The molecular formula is C17H17Br2NO. The van der Waals surface area contributed by atoms with E-state index in [1.165, 1.54) is 16.7 Å². The van der Waals surface area contributed by atoms with Crippen molar-refractivity contribution in [2.75, 3.05) is 6.61 Å². The number of halogens is 2. The normalized spacial score (nSPS) is 14.6. The Kier molecular flexibility index (Phi) is 4.67. The van der Waals surface area contributed by atoms with Crippen LogP contribution in [-0.2, 0) is 19.3 Å². The maximum Gasteiger partial charge on any atom is 0.125 e. The van der Waals surface area contributed by atoms with Gasteiger partial charge in [0.15, 0.2) is 0 Å². The van der Waals surface area contributed by atoms with Crippen molar-refractivity contribution in [2.45, 2.75) is 25.3 Å². The molecule has 0 aliphatic carbocycles. The molecule has 2 aromatic rings. The third kappa shape index (κ3) is 3.50. The zero-order valence-electron chi connectivity index (χ0n) is 11.6. The Morgan fingerprint density at radius 2 is 1.86 bits per heavy atom. The highest BCUT2D eigenvalue weighted by Gasteiger charge is 2.19. The SMILES string of the molecule is NC(Cc1ccccc1Br)Cc1cc(Br)cc2c1OCC2. The third-order valence-corrected chi connectivity index (χ3v) is 4.98. The summed E-state index contributed by atoms with van der Waals surface area (Å²) in [6.45, 7) is 0.776. The first kappa shape index (κ1) is 15.1. The first-order valence-electron chi connectivity index (χ1n) is 7.06. The van der Waals surface area contributed by atoms with Crippen molar-refractivity contribution in [2.24, 2.45) is 5.73 Å². The molecule has 3 rings (SSSR count). The van der Waals surface area contributed by atoms with Crippen molar-refractivity contribution in [1.29, 1.82) is 0 Å². The van der Waals surface area contributed by atoms with Gasteiger partial charge in [0, 0.05) is 21.4 Å². The molecule has 0 amide bonds. The van der Waals surface area contributed by atoms with Crippen LogP contribution in [-0.4, -0.2) is 12.6 Å². The van der Waals surface area contributed by atoms with Gasteiger partial charge in [-0.2, -0.15) is 0 Å². The molecule has 1 unspecified atom stereocenters. The summed E-state index contributed by atoms with van der Waals surface area (Å²) in [6.07, 6.45) is 2.66. The van der Waals surface area contributed by atoms with E-state index in [0.717, 1.165) is 40.6 Å². The average molecular weight is 411 g/mol. The predicted molar refractivity (Wildman–Crippen MR) is 92.9 cm³/mol. The second kappa shape index (κ2) is 6.51. The van der Waals surface area contributed by atoms with Gasteiger partial charge < -0.3 is 10.5 Å². The fraction of sp³-hybridized carbons (Fsp3) is 0.294. The molecule has 0 bridgehead atoms. The number of hydrogen-bond acceptors (Lipinski definition) is 2. The second-order valence-electron chi connectivity index (χ2n) is 5.41. The van der Waals surface area contributed by atoms with E-state index in [1.807, 2.05) is 12.1 Å². The van der Waals surface area contributed by atoms with Gasteiger partial charge in [-0.3, -0.25) is 0 Å². The molecule has 1 atom stereocenters. The summed E-state index contributed by atoms with van der Waals surface area (Å²) in [5.41, 5.74) is 10.1. The zero-order chi connectivity index (χ0) is 14.8. The molecule has 0 fully saturated rings. The van der Waals surface area contributed by atoms with Crippen LogP contribution in [0.4, 0.5) is 0 Å². The molecule has 2 nitrogen and oxygen atoms in total. The van der Waals surface area contributed by atoms with Gasteiger partial charge in [0.1, 0.15) is 5.75 Å². The second-order valence-corrected chi connectivity index (χ2v) is 7.18. The van der Waals surface area contributed by atoms with Gasteiger partial charge in [0.05, 0.1) is 6.61 Å². The van der Waals surface area contributed by atoms with Gasteiger partial charge in [-0.25, -0.2) is 0 Å². The Balaban J connectivity index is 1.77. The molecule has 0 aromatic heterocycles. The summed E-state index contributed by atoms with van der Waals surface area (Å²) in [6, 6.07) is 12.6. The first-order chi connectivity index (χ1) is 10.1. The zero-order valence-corrected chi connectivity index (χ0v) is 14.8. The van der Waals surface area contributed by atoms with E-state index < -0.39 is 0 Å². The largest absolute Gasteiger partial charge is 0.493 e. The van der Waals surface area contributed by atoms with Crippen LogP contribution < -0.4 is 10.5 Å². The average Bonchev–Trinajstić information content (AvgIpc) is 2.89. The highest BCUT2D eigenvalue weighted by Crippen LogP contribution is 2.34. The van der Waals surface area contributed by atoms with E-state index in [4.69, 9.17) is 10.5 Å². The molecule has 110 valence electrons. The summed E-state index contributed by atoms with van der Waals surface area (Å²) in [4.78, 5) is 0. The van der Waals surface area contributed by atoms with E-state index in [1.54, 1.807) is 0 Å². The molecule has 0 saturated heterocycles. The monoisotopic (exact) mass is 409 g/mol. The van der Waals surface area contributed by atoms with Crippen LogP contribution in [0, 0.1) is 0 Å². The molecule has 1 aliphatic rings. The fourth-order valence-electron chi connectivity index (χ4n) is 2.80. The lowest BCUT2D eigenvalue weighted by molar-refractivity contribution is 0.352.